The lowest BCUT2D eigenvalue weighted by Crippen LogP contribution is -2.08. The van der Waals surface area contributed by atoms with E-state index in [9.17, 15) is 0 Å². The molecule has 0 saturated carbocycles. The Labute approximate surface area is 114 Å². The average molecular weight is 249 g/mol. The minimum absolute atomic E-state index is 0.858. The Bertz CT molecular complexity index is 230. The predicted molar refractivity (Wildman–Crippen MR) is 81.6 cm³/mol. The lowest BCUT2D eigenvalue weighted by Gasteiger charge is -2.14. The van der Waals surface area contributed by atoms with E-state index in [1.807, 2.05) is 0 Å². The zero-order valence-electron chi connectivity index (χ0n) is 11.9. The van der Waals surface area contributed by atoms with Gasteiger partial charge in [-0.15, -0.1) is 0 Å². The van der Waals surface area contributed by atoms with E-state index < -0.39 is 0 Å². The van der Waals surface area contributed by atoms with Crippen LogP contribution in [-0.4, -0.2) is 6.54 Å². The Morgan fingerprint density at radius 1 is 0.778 bits per heavy atom. The number of hydrogen-bond acceptors (Lipinski definition) is 1. The molecular formula is C17H31N. The summed E-state index contributed by atoms with van der Waals surface area (Å²) >= 11 is 0. The summed E-state index contributed by atoms with van der Waals surface area (Å²) in [7, 11) is 0. The summed E-state index contributed by atoms with van der Waals surface area (Å²) in [6.45, 7) is 0.858. The quantitative estimate of drug-likeness (QED) is 0.686. The van der Waals surface area contributed by atoms with Crippen molar-refractivity contribution in [2.24, 2.45) is 11.7 Å². The van der Waals surface area contributed by atoms with Crippen LogP contribution in [0.4, 0.5) is 0 Å². The van der Waals surface area contributed by atoms with Gasteiger partial charge in [-0.2, -0.15) is 0 Å². The minimum atomic E-state index is 0.858. The molecular weight excluding hydrogens is 218 g/mol. The van der Waals surface area contributed by atoms with E-state index >= 15 is 0 Å². The van der Waals surface area contributed by atoms with E-state index in [4.69, 9.17) is 5.73 Å². The Morgan fingerprint density at radius 3 is 2.33 bits per heavy atom. The molecule has 0 aromatic heterocycles. The van der Waals surface area contributed by atoms with Crippen LogP contribution < -0.4 is 5.73 Å². The molecule has 0 amide bonds. The third-order valence-corrected chi connectivity index (χ3v) is 3.91. The van der Waals surface area contributed by atoms with Crippen LogP contribution in [0.3, 0.4) is 0 Å². The molecule has 1 rings (SSSR count). The van der Waals surface area contributed by atoms with Crippen LogP contribution in [0.1, 0.15) is 70.6 Å². The summed E-state index contributed by atoms with van der Waals surface area (Å²) in [5, 5.41) is 0. The Kier molecular flexibility index (Phi) is 9.92. The highest BCUT2D eigenvalue weighted by Crippen LogP contribution is 2.20. The summed E-state index contributed by atoms with van der Waals surface area (Å²) in [4.78, 5) is 0. The molecule has 0 aromatic rings. The Balaban J connectivity index is 2.32. The first-order valence-corrected chi connectivity index (χ1v) is 7.93. The van der Waals surface area contributed by atoms with Crippen molar-refractivity contribution in [3.05, 3.63) is 24.3 Å². The van der Waals surface area contributed by atoms with Crippen LogP contribution in [0.15, 0.2) is 24.3 Å². The maximum atomic E-state index is 5.71. The molecule has 1 aliphatic rings. The van der Waals surface area contributed by atoms with Gasteiger partial charge in [0.2, 0.25) is 0 Å². The van der Waals surface area contributed by atoms with Crippen LogP contribution >= 0.6 is 0 Å². The molecule has 0 aliphatic heterocycles. The number of allylic oxidation sites excluding steroid dienone is 4. The van der Waals surface area contributed by atoms with E-state index in [0.29, 0.717) is 0 Å². The topological polar surface area (TPSA) is 26.0 Å². The van der Waals surface area contributed by atoms with Gasteiger partial charge in [-0.05, 0) is 51.0 Å². The molecule has 0 spiro atoms. The second-order valence-electron chi connectivity index (χ2n) is 5.54. The molecule has 0 radical (unpaired) electrons. The predicted octanol–water partition coefficient (Wildman–Crippen LogP) is 4.98. The lowest BCUT2D eigenvalue weighted by molar-refractivity contribution is 0.405. The molecule has 1 atom stereocenters. The first-order chi connectivity index (χ1) is 8.93. The van der Waals surface area contributed by atoms with Gasteiger partial charge in [-0.3, -0.25) is 0 Å². The minimum Gasteiger partial charge on any atom is -0.330 e. The standard InChI is InChI=1S/C17H31N/c18-16-15-17-13-11-9-7-5-3-1-2-4-6-8-10-12-14-17/h1,3,7,9,17H,2,4-6,8,10-16,18H2/b3-1-,9-7-. The molecule has 0 heterocycles. The van der Waals surface area contributed by atoms with Gasteiger partial charge >= 0.3 is 0 Å². The monoisotopic (exact) mass is 249 g/mol. The molecule has 0 fully saturated rings. The van der Waals surface area contributed by atoms with Crippen molar-refractivity contribution in [2.75, 3.05) is 6.54 Å². The van der Waals surface area contributed by atoms with E-state index in [0.717, 1.165) is 18.9 Å². The maximum Gasteiger partial charge on any atom is -0.00746 e. The van der Waals surface area contributed by atoms with Gasteiger partial charge in [0.15, 0.2) is 0 Å². The van der Waals surface area contributed by atoms with Gasteiger partial charge in [0.25, 0.3) is 0 Å². The second-order valence-corrected chi connectivity index (χ2v) is 5.54. The summed E-state index contributed by atoms with van der Waals surface area (Å²) in [6, 6.07) is 0. The highest BCUT2D eigenvalue weighted by Gasteiger charge is 2.06. The van der Waals surface area contributed by atoms with E-state index in [1.54, 1.807) is 0 Å². The van der Waals surface area contributed by atoms with Crippen LogP contribution in [0.2, 0.25) is 0 Å². The Hall–Kier alpha value is -0.560. The van der Waals surface area contributed by atoms with Crippen molar-refractivity contribution < 1.29 is 0 Å². The molecule has 1 nitrogen and oxygen atoms in total. The number of nitrogens with two attached hydrogens (primary N) is 1. The molecule has 0 bridgehead atoms. The molecule has 2 N–H and O–H groups in total. The third-order valence-electron chi connectivity index (χ3n) is 3.91. The van der Waals surface area contributed by atoms with Crippen molar-refractivity contribution in [2.45, 2.75) is 70.6 Å². The Morgan fingerprint density at radius 2 is 1.50 bits per heavy atom. The molecule has 0 saturated heterocycles. The normalized spacial score (nSPS) is 27.9. The molecule has 18 heavy (non-hydrogen) atoms. The van der Waals surface area contributed by atoms with Gasteiger partial charge in [-0.1, -0.05) is 56.4 Å². The fourth-order valence-corrected chi connectivity index (χ4v) is 2.73. The SMILES string of the molecule is NCCC1CC/C=C\C/C=C\CCCCCCC1. The summed E-state index contributed by atoms with van der Waals surface area (Å²) in [5.41, 5.74) is 5.71. The van der Waals surface area contributed by atoms with Gasteiger partial charge in [0, 0.05) is 0 Å². The molecule has 0 aromatic carbocycles. The summed E-state index contributed by atoms with van der Waals surface area (Å²) < 4.78 is 0. The number of hydrogen-bond donors (Lipinski definition) is 1. The molecule has 1 heteroatoms. The zero-order chi connectivity index (χ0) is 12.9. The van der Waals surface area contributed by atoms with E-state index in [-0.39, 0.29) is 0 Å². The van der Waals surface area contributed by atoms with E-state index in [2.05, 4.69) is 24.3 Å². The van der Waals surface area contributed by atoms with Crippen LogP contribution in [-0.2, 0) is 0 Å². The van der Waals surface area contributed by atoms with Crippen molar-refractivity contribution in [1.82, 2.24) is 0 Å². The van der Waals surface area contributed by atoms with Gasteiger partial charge in [0.05, 0.1) is 0 Å². The van der Waals surface area contributed by atoms with Gasteiger partial charge in [-0.25, -0.2) is 0 Å². The van der Waals surface area contributed by atoms with Crippen molar-refractivity contribution in [3.63, 3.8) is 0 Å². The third kappa shape index (κ3) is 8.52. The fourth-order valence-electron chi connectivity index (χ4n) is 2.73. The second kappa shape index (κ2) is 11.5. The zero-order valence-corrected chi connectivity index (χ0v) is 11.9. The molecule has 1 unspecified atom stereocenters. The maximum absolute atomic E-state index is 5.71. The first-order valence-electron chi connectivity index (χ1n) is 7.93. The molecule has 1 aliphatic carbocycles. The van der Waals surface area contributed by atoms with Crippen LogP contribution in [0.5, 0.6) is 0 Å². The lowest BCUT2D eigenvalue weighted by atomic mass is 9.92. The largest absolute Gasteiger partial charge is 0.330 e. The van der Waals surface area contributed by atoms with Crippen molar-refractivity contribution in [3.8, 4) is 0 Å². The average Bonchev–Trinajstić information content (AvgIpc) is 2.39. The van der Waals surface area contributed by atoms with Crippen LogP contribution in [0, 0.1) is 5.92 Å². The fraction of sp³-hybridized carbons (Fsp3) is 0.765. The number of rotatable bonds is 2. The van der Waals surface area contributed by atoms with Crippen molar-refractivity contribution in [1.29, 1.82) is 0 Å². The van der Waals surface area contributed by atoms with Crippen molar-refractivity contribution >= 4 is 0 Å². The summed E-state index contributed by atoms with van der Waals surface area (Å²) in [6.07, 6.45) is 23.9. The highest BCUT2D eigenvalue weighted by atomic mass is 14.5. The van der Waals surface area contributed by atoms with Crippen LogP contribution in [0.25, 0.3) is 0 Å². The molecule has 104 valence electrons. The summed E-state index contributed by atoms with van der Waals surface area (Å²) in [5.74, 6) is 0.861. The first kappa shape index (κ1) is 15.5. The highest BCUT2D eigenvalue weighted by molar-refractivity contribution is 4.93. The smallest absolute Gasteiger partial charge is 0.00746 e. The van der Waals surface area contributed by atoms with Gasteiger partial charge < -0.3 is 5.73 Å². The van der Waals surface area contributed by atoms with E-state index in [1.165, 1.54) is 64.2 Å². The van der Waals surface area contributed by atoms with Gasteiger partial charge in [0.1, 0.15) is 0 Å².